The Morgan fingerprint density at radius 3 is 2.37 bits per heavy atom. The molecule has 2 aromatic carbocycles. The molecule has 3 heterocycles. The van der Waals surface area contributed by atoms with Crippen molar-refractivity contribution in [2.24, 2.45) is 0 Å². The standard InChI is InChI=1S/C30H29Cl2N3O5S/c1-17(11-20-13-27(38-3)28(39-4)15-25(20)37-2)30(36)35-9-7-18(8-10-35)29-33-24(16-41-29)26-14-23(34-40-26)19-5-6-21(31)22(32)12-19/h5-6,11-16,18H,7-10H2,1-4H3/b17-11+. The normalized spacial score (nSPS) is 14.3. The minimum absolute atomic E-state index is 0.00314. The molecule has 0 N–H and O–H groups in total. The van der Waals surface area contributed by atoms with Crippen LogP contribution in [0.5, 0.6) is 17.2 Å². The highest BCUT2D eigenvalue weighted by atomic mass is 35.5. The highest BCUT2D eigenvalue weighted by Crippen LogP contribution is 2.37. The van der Waals surface area contributed by atoms with Crippen LogP contribution in [0.2, 0.25) is 10.0 Å². The van der Waals surface area contributed by atoms with Crippen molar-refractivity contribution < 1.29 is 23.5 Å². The van der Waals surface area contributed by atoms with E-state index >= 15 is 0 Å². The maximum atomic E-state index is 13.3. The molecule has 0 bridgehead atoms. The van der Waals surface area contributed by atoms with E-state index in [1.54, 1.807) is 50.9 Å². The molecular weight excluding hydrogens is 585 g/mol. The number of hydrogen-bond donors (Lipinski definition) is 0. The summed E-state index contributed by atoms with van der Waals surface area (Å²) in [5.41, 5.74) is 3.58. The van der Waals surface area contributed by atoms with Crippen LogP contribution in [0.15, 0.2) is 51.9 Å². The molecule has 8 nitrogen and oxygen atoms in total. The third kappa shape index (κ3) is 6.22. The largest absolute Gasteiger partial charge is 0.496 e. The fourth-order valence-electron chi connectivity index (χ4n) is 4.82. The second-order valence-corrected chi connectivity index (χ2v) is 11.3. The first-order chi connectivity index (χ1) is 19.8. The molecule has 1 aliphatic heterocycles. The van der Waals surface area contributed by atoms with Crippen molar-refractivity contribution in [3.05, 3.63) is 68.0 Å². The first-order valence-corrected chi connectivity index (χ1v) is 14.6. The van der Waals surface area contributed by atoms with Crippen molar-refractivity contribution >= 4 is 46.5 Å². The van der Waals surface area contributed by atoms with Gasteiger partial charge in [-0.1, -0.05) is 34.4 Å². The molecule has 1 amide bonds. The molecule has 0 atom stereocenters. The third-order valence-electron chi connectivity index (χ3n) is 7.08. The Bertz CT molecular complexity index is 1590. The monoisotopic (exact) mass is 613 g/mol. The highest BCUT2D eigenvalue weighted by molar-refractivity contribution is 7.10. The van der Waals surface area contributed by atoms with Crippen LogP contribution in [0.3, 0.4) is 0 Å². The van der Waals surface area contributed by atoms with Gasteiger partial charge < -0.3 is 23.6 Å². The van der Waals surface area contributed by atoms with Crippen molar-refractivity contribution in [2.45, 2.75) is 25.7 Å². The second kappa shape index (κ2) is 12.5. The molecule has 5 rings (SSSR count). The van der Waals surface area contributed by atoms with Gasteiger partial charge in [0.2, 0.25) is 5.91 Å². The van der Waals surface area contributed by atoms with E-state index in [-0.39, 0.29) is 11.8 Å². The predicted octanol–water partition coefficient (Wildman–Crippen LogP) is 7.61. The third-order valence-corrected chi connectivity index (χ3v) is 8.82. The Morgan fingerprint density at radius 1 is 0.976 bits per heavy atom. The maximum absolute atomic E-state index is 13.3. The zero-order valence-corrected chi connectivity index (χ0v) is 25.4. The fourth-order valence-corrected chi connectivity index (χ4v) is 6.09. The Labute approximate surface area is 252 Å². The lowest BCUT2D eigenvalue weighted by Crippen LogP contribution is -2.38. The number of nitrogens with zero attached hydrogens (tertiary/aromatic N) is 3. The van der Waals surface area contributed by atoms with Gasteiger partial charge in [0.25, 0.3) is 0 Å². The van der Waals surface area contributed by atoms with Crippen molar-refractivity contribution in [3.63, 3.8) is 0 Å². The van der Waals surface area contributed by atoms with Crippen molar-refractivity contribution in [1.82, 2.24) is 15.0 Å². The number of ether oxygens (including phenoxy) is 3. The molecule has 11 heteroatoms. The Balaban J connectivity index is 1.23. The minimum atomic E-state index is -0.00314. The molecule has 0 spiro atoms. The molecule has 1 aliphatic rings. The molecule has 0 saturated carbocycles. The molecular formula is C30H29Cl2N3O5S. The lowest BCUT2D eigenvalue weighted by molar-refractivity contribution is -0.128. The number of amides is 1. The summed E-state index contributed by atoms with van der Waals surface area (Å²) in [5.74, 6) is 2.59. The molecule has 0 unspecified atom stereocenters. The number of halogens is 2. The van der Waals surface area contributed by atoms with Gasteiger partial charge in [0.05, 0.1) is 36.4 Å². The lowest BCUT2D eigenvalue weighted by Gasteiger charge is -2.31. The van der Waals surface area contributed by atoms with Gasteiger partial charge in [0, 0.05) is 53.2 Å². The predicted molar refractivity (Wildman–Crippen MR) is 161 cm³/mol. The van der Waals surface area contributed by atoms with E-state index in [1.807, 2.05) is 41.5 Å². The molecule has 0 radical (unpaired) electrons. The first kappa shape index (κ1) is 29.0. The minimum Gasteiger partial charge on any atom is -0.496 e. The van der Waals surface area contributed by atoms with Crippen molar-refractivity contribution in [3.8, 4) is 40.0 Å². The van der Waals surface area contributed by atoms with Gasteiger partial charge in [-0.15, -0.1) is 11.3 Å². The van der Waals surface area contributed by atoms with Gasteiger partial charge in [-0.2, -0.15) is 0 Å². The SMILES string of the molecule is COc1cc(OC)c(OC)cc1/C=C(\C)C(=O)N1CCC(c2nc(-c3cc(-c4ccc(Cl)c(Cl)c4)no3)cs2)CC1. The average molecular weight is 615 g/mol. The molecule has 214 valence electrons. The van der Waals surface area contributed by atoms with Gasteiger partial charge in [-0.05, 0) is 44.0 Å². The van der Waals surface area contributed by atoms with E-state index in [4.69, 9.17) is 46.9 Å². The van der Waals surface area contributed by atoms with Crippen molar-refractivity contribution in [1.29, 1.82) is 0 Å². The van der Waals surface area contributed by atoms with Crippen LogP contribution >= 0.6 is 34.5 Å². The van der Waals surface area contributed by atoms with Gasteiger partial charge in [-0.25, -0.2) is 4.98 Å². The van der Waals surface area contributed by atoms with Crippen LogP contribution in [0, 0.1) is 0 Å². The van der Waals surface area contributed by atoms with Crippen LogP contribution in [0.25, 0.3) is 28.8 Å². The summed E-state index contributed by atoms with van der Waals surface area (Å²) in [7, 11) is 4.73. The van der Waals surface area contributed by atoms with Gasteiger partial charge >= 0.3 is 0 Å². The zero-order valence-electron chi connectivity index (χ0n) is 23.1. The summed E-state index contributed by atoms with van der Waals surface area (Å²) in [6.07, 6.45) is 3.49. The summed E-state index contributed by atoms with van der Waals surface area (Å²) in [6, 6.07) is 10.7. The topological polar surface area (TPSA) is 86.9 Å². The molecule has 0 aliphatic carbocycles. The van der Waals surface area contributed by atoms with Gasteiger partial charge in [-0.3, -0.25) is 4.79 Å². The number of hydrogen-bond acceptors (Lipinski definition) is 8. The van der Waals surface area contributed by atoms with Crippen LogP contribution in [0.1, 0.15) is 36.3 Å². The van der Waals surface area contributed by atoms with E-state index in [0.29, 0.717) is 57.4 Å². The number of thiazole rings is 1. The Morgan fingerprint density at radius 2 is 1.68 bits per heavy atom. The molecule has 2 aromatic heterocycles. The number of benzene rings is 2. The van der Waals surface area contributed by atoms with E-state index in [0.717, 1.165) is 34.7 Å². The number of carbonyl (C=O) groups excluding carboxylic acids is 1. The van der Waals surface area contributed by atoms with E-state index in [1.165, 1.54) is 0 Å². The number of carbonyl (C=O) groups is 1. The summed E-state index contributed by atoms with van der Waals surface area (Å²) < 4.78 is 21.9. The number of piperidine rings is 1. The zero-order chi connectivity index (χ0) is 29.1. The smallest absolute Gasteiger partial charge is 0.249 e. The summed E-state index contributed by atoms with van der Waals surface area (Å²) in [4.78, 5) is 20.0. The fraction of sp³-hybridized carbons (Fsp3) is 0.300. The number of likely N-dealkylation sites (tertiary alicyclic amines) is 1. The summed E-state index contributed by atoms with van der Waals surface area (Å²) in [6.45, 7) is 3.12. The molecule has 41 heavy (non-hydrogen) atoms. The average Bonchev–Trinajstić information content (AvgIpc) is 3.68. The Hall–Kier alpha value is -3.53. The number of aromatic nitrogens is 2. The summed E-state index contributed by atoms with van der Waals surface area (Å²) in [5, 5.41) is 8.13. The number of methoxy groups -OCH3 is 3. The number of rotatable bonds is 8. The van der Waals surface area contributed by atoms with Gasteiger partial charge in [0.15, 0.2) is 17.3 Å². The molecule has 1 fully saturated rings. The van der Waals surface area contributed by atoms with Crippen molar-refractivity contribution in [2.75, 3.05) is 34.4 Å². The summed E-state index contributed by atoms with van der Waals surface area (Å²) >= 11 is 13.8. The van der Waals surface area contributed by atoms with Crippen LogP contribution in [-0.4, -0.2) is 55.4 Å². The Kier molecular flexibility index (Phi) is 8.87. The maximum Gasteiger partial charge on any atom is 0.249 e. The van der Waals surface area contributed by atoms with Crippen LogP contribution < -0.4 is 14.2 Å². The van der Waals surface area contributed by atoms with E-state index < -0.39 is 0 Å². The lowest BCUT2D eigenvalue weighted by atomic mass is 9.97. The van der Waals surface area contributed by atoms with E-state index in [9.17, 15) is 4.79 Å². The van der Waals surface area contributed by atoms with Gasteiger partial charge in [0.1, 0.15) is 17.1 Å². The quantitative estimate of drug-likeness (QED) is 0.189. The molecule has 1 saturated heterocycles. The first-order valence-electron chi connectivity index (χ1n) is 13.0. The highest BCUT2D eigenvalue weighted by Gasteiger charge is 2.27. The van der Waals surface area contributed by atoms with Crippen LogP contribution in [0.4, 0.5) is 0 Å². The van der Waals surface area contributed by atoms with Crippen LogP contribution in [-0.2, 0) is 4.79 Å². The van der Waals surface area contributed by atoms with E-state index in [2.05, 4.69) is 5.16 Å². The molecule has 4 aromatic rings. The second-order valence-electron chi connectivity index (χ2n) is 9.62.